The predicted octanol–water partition coefficient (Wildman–Crippen LogP) is 1.50. The van der Waals surface area contributed by atoms with Gasteiger partial charge in [-0.25, -0.2) is 0 Å². The van der Waals surface area contributed by atoms with Gasteiger partial charge in [-0.3, -0.25) is 14.7 Å². The highest BCUT2D eigenvalue weighted by atomic mass is 32.2. The van der Waals surface area contributed by atoms with E-state index >= 15 is 0 Å². The quantitative estimate of drug-likeness (QED) is 0.883. The Kier molecular flexibility index (Phi) is 6.06. The van der Waals surface area contributed by atoms with Crippen molar-refractivity contribution < 1.29 is 4.79 Å². The van der Waals surface area contributed by atoms with E-state index in [4.69, 9.17) is 5.73 Å². The summed E-state index contributed by atoms with van der Waals surface area (Å²) >= 11 is 1.64. The second-order valence-electron chi connectivity index (χ2n) is 6.65. The lowest BCUT2D eigenvalue weighted by molar-refractivity contribution is -0.135. The maximum absolute atomic E-state index is 12.6. The molecule has 6 heteroatoms. The first-order chi connectivity index (χ1) is 10.8. The van der Waals surface area contributed by atoms with E-state index in [0.717, 1.165) is 38.4 Å². The molecule has 0 unspecified atom stereocenters. The summed E-state index contributed by atoms with van der Waals surface area (Å²) in [4.78, 5) is 21.3. The maximum Gasteiger partial charge on any atom is 0.240 e. The normalized spacial score (nSPS) is 18.0. The average molecular weight is 337 g/mol. The Hall–Kier alpha value is -1.11. The molecule has 0 aliphatic carbocycles. The molecule has 2 heterocycles. The van der Waals surface area contributed by atoms with E-state index < -0.39 is 6.04 Å². The Morgan fingerprint density at radius 3 is 2.61 bits per heavy atom. The minimum absolute atomic E-state index is 0.0676. The molecule has 1 aliphatic heterocycles. The third kappa shape index (κ3) is 4.46. The number of aryl methyl sites for hydroxylation is 1. The number of nitrogens with zero attached hydrogens (tertiary/aromatic N) is 3. The Bertz CT molecular complexity index is 541. The van der Waals surface area contributed by atoms with Gasteiger partial charge >= 0.3 is 0 Å². The summed E-state index contributed by atoms with van der Waals surface area (Å²) in [5.74, 6) is 0.0676. The summed E-state index contributed by atoms with van der Waals surface area (Å²) in [5, 5.41) is 0. The van der Waals surface area contributed by atoms with E-state index in [9.17, 15) is 4.79 Å². The highest BCUT2D eigenvalue weighted by Crippen LogP contribution is 2.25. The smallest absolute Gasteiger partial charge is 0.240 e. The fourth-order valence-electron chi connectivity index (χ4n) is 2.64. The van der Waals surface area contributed by atoms with Crippen molar-refractivity contribution in [1.29, 1.82) is 0 Å². The number of pyridine rings is 1. The van der Waals surface area contributed by atoms with Crippen molar-refractivity contribution in [1.82, 2.24) is 14.8 Å². The third-order valence-electron chi connectivity index (χ3n) is 4.72. The van der Waals surface area contributed by atoms with Gasteiger partial charge in [0.05, 0.1) is 11.7 Å². The van der Waals surface area contributed by atoms with Gasteiger partial charge in [0.25, 0.3) is 0 Å². The van der Waals surface area contributed by atoms with Crippen LogP contribution in [0.4, 0.5) is 0 Å². The van der Waals surface area contributed by atoms with Crippen LogP contribution in [0.15, 0.2) is 18.3 Å². The first-order valence-electron chi connectivity index (χ1n) is 8.07. The fraction of sp³-hybridized carbons (Fsp3) is 0.647. The van der Waals surface area contributed by atoms with Crippen LogP contribution in [-0.4, -0.2) is 63.9 Å². The van der Waals surface area contributed by atoms with E-state index in [1.54, 1.807) is 11.8 Å². The Balaban J connectivity index is 1.89. The van der Waals surface area contributed by atoms with E-state index in [0.29, 0.717) is 0 Å². The van der Waals surface area contributed by atoms with Gasteiger partial charge in [0.1, 0.15) is 0 Å². The van der Waals surface area contributed by atoms with Crippen molar-refractivity contribution in [3.8, 4) is 0 Å². The number of rotatable bonds is 5. The van der Waals surface area contributed by atoms with Crippen molar-refractivity contribution in [3.63, 3.8) is 0 Å². The lowest BCUT2D eigenvalue weighted by Crippen LogP contribution is -2.57. The molecule has 0 bridgehead atoms. The van der Waals surface area contributed by atoms with Crippen LogP contribution in [0.2, 0.25) is 0 Å². The SMILES string of the molecule is CSC(C)(C)[C@H](N)C(=O)N1CCN(Cc2ncccc2C)CC1. The molecule has 2 rings (SSSR count). The maximum atomic E-state index is 12.6. The number of hydrogen-bond acceptors (Lipinski definition) is 5. The number of hydrogen-bond donors (Lipinski definition) is 1. The zero-order chi connectivity index (χ0) is 17.0. The molecule has 1 atom stereocenters. The van der Waals surface area contributed by atoms with Crippen molar-refractivity contribution in [2.24, 2.45) is 5.73 Å². The molecule has 2 N–H and O–H groups in total. The van der Waals surface area contributed by atoms with Gasteiger partial charge in [-0.1, -0.05) is 6.07 Å². The molecular formula is C17H28N4OS. The molecule has 0 saturated carbocycles. The number of thioether (sulfide) groups is 1. The fourth-order valence-corrected chi connectivity index (χ4v) is 3.00. The third-order valence-corrected chi connectivity index (χ3v) is 6.02. The van der Waals surface area contributed by atoms with Gasteiger partial charge in [-0.05, 0) is 38.7 Å². The summed E-state index contributed by atoms with van der Waals surface area (Å²) in [6.07, 6.45) is 3.84. The molecule has 1 amide bonds. The number of piperazine rings is 1. The van der Waals surface area contributed by atoms with Crippen molar-refractivity contribution in [2.75, 3.05) is 32.4 Å². The van der Waals surface area contributed by atoms with E-state index in [2.05, 4.69) is 22.9 Å². The van der Waals surface area contributed by atoms with Crippen LogP contribution in [-0.2, 0) is 11.3 Å². The topological polar surface area (TPSA) is 62.5 Å². The molecule has 128 valence electrons. The van der Waals surface area contributed by atoms with Gasteiger partial charge in [-0.2, -0.15) is 11.8 Å². The van der Waals surface area contributed by atoms with Crippen LogP contribution in [0.25, 0.3) is 0 Å². The average Bonchev–Trinajstić information content (AvgIpc) is 2.56. The monoisotopic (exact) mass is 336 g/mol. The van der Waals surface area contributed by atoms with Gasteiger partial charge < -0.3 is 10.6 Å². The number of carbonyl (C=O) groups is 1. The van der Waals surface area contributed by atoms with Crippen LogP contribution in [0.5, 0.6) is 0 Å². The minimum Gasteiger partial charge on any atom is -0.339 e. The largest absolute Gasteiger partial charge is 0.339 e. The van der Waals surface area contributed by atoms with Gasteiger partial charge in [0.15, 0.2) is 0 Å². The van der Waals surface area contributed by atoms with E-state index in [1.807, 2.05) is 37.3 Å². The van der Waals surface area contributed by atoms with Crippen molar-refractivity contribution in [2.45, 2.75) is 38.1 Å². The highest BCUT2D eigenvalue weighted by Gasteiger charge is 2.35. The summed E-state index contributed by atoms with van der Waals surface area (Å²) in [5.41, 5.74) is 8.51. The minimum atomic E-state index is -0.456. The molecular weight excluding hydrogens is 308 g/mol. The van der Waals surface area contributed by atoms with Gasteiger partial charge in [0, 0.05) is 43.7 Å². The summed E-state index contributed by atoms with van der Waals surface area (Å²) in [6, 6.07) is 3.60. The number of amides is 1. The highest BCUT2D eigenvalue weighted by molar-refractivity contribution is 8.00. The number of carbonyl (C=O) groups excluding carboxylic acids is 1. The molecule has 1 saturated heterocycles. The van der Waals surface area contributed by atoms with Gasteiger partial charge in [0.2, 0.25) is 5.91 Å². The lowest BCUT2D eigenvalue weighted by atomic mass is 10.0. The number of aromatic nitrogens is 1. The summed E-state index contributed by atoms with van der Waals surface area (Å²) in [7, 11) is 0. The van der Waals surface area contributed by atoms with Crippen LogP contribution < -0.4 is 5.73 Å². The van der Waals surface area contributed by atoms with Crippen molar-refractivity contribution >= 4 is 17.7 Å². The zero-order valence-electron chi connectivity index (χ0n) is 14.6. The van der Waals surface area contributed by atoms with Crippen LogP contribution in [0, 0.1) is 6.92 Å². The molecule has 0 radical (unpaired) electrons. The van der Waals surface area contributed by atoms with Crippen molar-refractivity contribution in [3.05, 3.63) is 29.6 Å². The predicted molar refractivity (Wildman–Crippen MR) is 96.4 cm³/mol. The van der Waals surface area contributed by atoms with Crippen LogP contribution in [0.1, 0.15) is 25.1 Å². The summed E-state index contributed by atoms with van der Waals surface area (Å²) in [6.45, 7) is 10.2. The van der Waals surface area contributed by atoms with Crippen LogP contribution >= 0.6 is 11.8 Å². The second-order valence-corrected chi connectivity index (χ2v) is 8.11. The zero-order valence-corrected chi connectivity index (χ0v) is 15.4. The van der Waals surface area contributed by atoms with E-state index in [-0.39, 0.29) is 10.7 Å². The number of nitrogens with two attached hydrogens (primary N) is 1. The first-order valence-corrected chi connectivity index (χ1v) is 9.30. The molecule has 0 aromatic carbocycles. The second kappa shape index (κ2) is 7.64. The van der Waals surface area contributed by atoms with E-state index in [1.165, 1.54) is 5.56 Å². The molecule has 0 spiro atoms. The Morgan fingerprint density at radius 2 is 2.04 bits per heavy atom. The molecule has 23 heavy (non-hydrogen) atoms. The van der Waals surface area contributed by atoms with Crippen LogP contribution in [0.3, 0.4) is 0 Å². The molecule has 1 aromatic rings. The Morgan fingerprint density at radius 1 is 1.39 bits per heavy atom. The Labute approximate surface area is 143 Å². The molecule has 1 aliphatic rings. The van der Waals surface area contributed by atoms with Gasteiger partial charge in [-0.15, -0.1) is 0 Å². The molecule has 5 nitrogen and oxygen atoms in total. The summed E-state index contributed by atoms with van der Waals surface area (Å²) < 4.78 is -0.237. The molecule has 1 fully saturated rings. The lowest BCUT2D eigenvalue weighted by Gasteiger charge is -2.38. The molecule has 1 aromatic heterocycles. The first kappa shape index (κ1) is 18.2. The standard InChI is InChI=1S/C17H28N4OS/c1-13-6-5-7-19-14(13)12-20-8-10-21(11-9-20)16(22)15(18)17(2,3)23-4/h5-7,15H,8-12,18H2,1-4H3/t15-/m1/s1.